The van der Waals surface area contributed by atoms with Crippen LogP contribution in [0.25, 0.3) is 0 Å². The van der Waals surface area contributed by atoms with Gasteiger partial charge in [-0.05, 0) is 24.3 Å². The molecule has 0 saturated carbocycles. The zero-order valence-corrected chi connectivity index (χ0v) is 9.47. The van der Waals surface area contributed by atoms with Gasteiger partial charge in [0, 0.05) is 11.0 Å². The molecule has 0 aliphatic carbocycles. The number of hydrazine groups is 1. The molecule has 1 aromatic carbocycles. The molecule has 88 valence electrons. The largest absolute Gasteiger partial charge is 0.308 e. The smallest absolute Gasteiger partial charge is 0.141 e. The van der Waals surface area contributed by atoms with Gasteiger partial charge in [0.25, 0.3) is 0 Å². The first-order chi connectivity index (χ1) is 8.19. The van der Waals surface area contributed by atoms with Gasteiger partial charge in [0.1, 0.15) is 22.5 Å². The molecule has 0 amide bonds. The maximum Gasteiger partial charge on any atom is 0.141 e. The average molecular weight is 253 g/mol. The van der Waals surface area contributed by atoms with Crippen LogP contribution in [0.1, 0.15) is 0 Å². The third kappa shape index (κ3) is 2.92. The molecule has 0 fully saturated rings. The van der Waals surface area contributed by atoms with Gasteiger partial charge < -0.3 is 5.43 Å². The number of nitrogens with zero attached hydrogens (tertiary/aromatic N) is 1. The standard InChI is InChI=1S/C11H9F2N3S/c12-7-4-5-9(8(13)6-7)17-11-3-1-2-10(15-11)16-14/h1-6H,14H2,(H,15,16). The first kappa shape index (κ1) is 11.8. The summed E-state index contributed by atoms with van der Waals surface area (Å²) in [7, 11) is 0. The van der Waals surface area contributed by atoms with E-state index in [4.69, 9.17) is 5.84 Å². The summed E-state index contributed by atoms with van der Waals surface area (Å²) in [5, 5.41) is 0.575. The minimum Gasteiger partial charge on any atom is -0.308 e. The topological polar surface area (TPSA) is 50.9 Å². The number of aromatic nitrogens is 1. The lowest BCUT2D eigenvalue weighted by atomic mass is 10.3. The summed E-state index contributed by atoms with van der Waals surface area (Å²) in [6.45, 7) is 0. The maximum atomic E-state index is 13.4. The molecule has 6 heteroatoms. The zero-order valence-electron chi connectivity index (χ0n) is 8.65. The van der Waals surface area contributed by atoms with Crippen molar-refractivity contribution in [2.75, 3.05) is 5.43 Å². The Kier molecular flexibility index (Phi) is 3.55. The van der Waals surface area contributed by atoms with E-state index < -0.39 is 11.6 Å². The van der Waals surface area contributed by atoms with Crippen molar-refractivity contribution in [1.82, 2.24) is 4.98 Å². The monoisotopic (exact) mass is 253 g/mol. The highest BCUT2D eigenvalue weighted by molar-refractivity contribution is 7.99. The fourth-order valence-corrected chi connectivity index (χ4v) is 2.03. The summed E-state index contributed by atoms with van der Waals surface area (Å²) in [5.74, 6) is 4.49. The molecule has 0 bridgehead atoms. The number of nitrogens with one attached hydrogen (secondary N) is 1. The van der Waals surface area contributed by atoms with E-state index in [9.17, 15) is 8.78 Å². The molecular formula is C11H9F2N3S. The van der Waals surface area contributed by atoms with Crippen LogP contribution < -0.4 is 11.3 Å². The van der Waals surface area contributed by atoms with Crippen molar-refractivity contribution in [1.29, 1.82) is 0 Å². The Morgan fingerprint density at radius 3 is 2.71 bits per heavy atom. The highest BCUT2D eigenvalue weighted by Crippen LogP contribution is 2.29. The van der Waals surface area contributed by atoms with Crippen molar-refractivity contribution < 1.29 is 8.78 Å². The molecule has 0 saturated heterocycles. The summed E-state index contributed by atoms with van der Waals surface area (Å²) in [6.07, 6.45) is 0. The van der Waals surface area contributed by atoms with Crippen LogP contribution >= 0.6 is 11.8 Å². The number of pyridine rings is 1. The number of hydrogen-bond donors (Lipinski definition) is 2. The highest BCUT2D eigenvalue weighted by Gasteiger charge is 2.06. The maximum absolute atomic E-state index is 13.4. The molecule has 2 aromatic rings. The van der Waals surface area contributed by atoms with E-state index in [0.29, 0.717) is 15.7 Å². The Morgan fingerprint density at radius 2 is 2.00 bits per heavy atom. The quantitative estimate of drug-likeness (QED) is 0.652. The fourth-order valence-electron chi connectivity index (χ4n) is 1.22. The summed E-state index contributed by atoms with van der Waals surface area (Å²) >= 11 is 1.10. The van der Waals surface area contributed by atoms with Crippen LogP contribution in [0.15, 0.2) is 46.3 Å². The van der Waals surface area contributed by atoms with Crippen molar-refractivity contribution >= 4 is 17.6 Å². The number of rotatable bonds is 3. The van der Waals surface area contributed by atoms with E-state index in [1.54, 1.807) is 18.2 Å². The summed E-state index contributed by atoms with van der Waals surface area (Å²) in [5.41, 5.74) is 2.40. The number of hydrogen-bond acceptors (Lipinski definition) is 4. The molecule has 17 heavy (non-hydrogen) atoms. The lowest BCUT2D eigenvalue weighted by Crippen LogP contribution is -2.08. The number of anilines is 1. The lowest BCUT2D eigenvalue weighted by Gasteiger charge is -2.04. The molecule has 0 aliphatic rings. The second-order valence-corrected chi connectivity index (χ2v) is 4.24. The van der Waals surface area contributed by atoms with E-state index >= 15 is 0 Å². The van der Waals surface area contributed by atoms with Gasteiger partial charge in [-0.2, -0.15) is 0 Å². The second kappa shape index (κ2) is 5.11. The van der Waals surface area contributed by atoms with Crippen LogP contribution in [0, 0.1) is 11.6 Å². The van der Waals surface area contributed by atoms with Gasteiger partial charge in [-0.25, -0.2) is 19.6 Å². The van der Waals surface area contributed by atoms with Gasteiger partial charge >= 0.3 is 0 Å². The fraction of sp³-hybridized carbons (Fsp3) is 0. The van der Waals surface area contributed by atoms with Crippen LogP contribution in [-0.2, 0) is 0 Å². The molecule has 0 atom stereocenters. The number of nitrogen functional groups attached to an aromatic ring is 1. The first-order valence-corrected chi connectivity index (χ1v) is 5.57. The molecule has 1 aromatic heterocycles. The highest BCUT2D eigenvalue weighted by atomic mass is 32.2. The van der Waals surface area contributed by atoms with Gasteiger partial charge in [-0.1, -0.05) is 17.8 Å². The third-order valence-electron chi connectivity index (χ3n) is 1.98. The molecule has 0 spiro atoms. The number of halogens is 2. The van der Waals surface area contributed by atoms with Gasteiger partial charge in [-0.3, -0.25) is 0 Å². The Labute approximate surface area is 101 Å². The van der Waals surface area contributed by atoms with Gasteiger partial charge in [0.05, 0.1) is 0 Å². The Balaban J connectivity index is 2.25. The van der Waals surface area contributed by atoms with Crippen LogP contribution in [-0.4, -0.2) is 4.98 Å². The van der Waals surface area contributed by atoms with Crippen molar-refractivity contribution in [3.63, 3.8) is 0 Å². The zero-order chi connectivity index (χ0) is 12.3. The predicted octanol–water partition coefficient (Wildman–Crippen LogP) is 2.80. The Hall–Kier alpha value is -1.66. The molecule has 1 heterocycles. The molecule has 3 nitrogen and oxygen atoms in total. The third-order valence-corrected chi connectivity index (χ3v) is 2.97. The molecule has 2 rings (SSSR count). The van der Waals surface area contributed by atoms with Gasteiger partial charge in [0.15, 0.2) is 0 Å². The van der Waals surface area contributed by atoms with Gasteiger partial charge in [0.2, 0.25) is 0 Å². The second-order valence-electron chi connectivity index (χ2n) is 3.18. The van der Waals surface area contributed by atoms with E-state index in [2.05, 4.69) is 10.4 Å². The molecule has 0 unspecified atom stereocenters. The predicted molar refractivity (Wildman–Crippen MR) is 62.5 cm³/mol. The molecule has 0 radical (unpaired) electrons. The summed E-state index contributed by atoms with van der Waals surface area (Å²) in [4.78, 5) is 4.43. The SMILES string of the molecule is NNc1cccc(Sc2ccc(F)cc2F)n1. The van der Waals surface area contributed by atoms with E-state index in [0.717, 1.165) is 17.8 Å². The van der Waals surface area contributed by atoms with Crippen molar-refractivity contribution in [2.45, 2.75) is 9.92 Å². The normalized spacial score (nSPS) is 10.3. The van der Waals surface area contributed by atoms with Crippen molar-refractivity contribution in [2.24, 2.45) is 5.84 Å². The Bertz CT molecular complexity index is 534. The lowest BCUT2D eigenvalue weighted by molar-refractivity contribution is 0.565. The van der Waals surface area contributed by atoms with E-state index in [1.165, 1.54) is 12.1 Å². The Morgan fingerprint density at radius 1 is 1.18 bits per heavy atom. The average Bonchev–Trinajstić information content (AvgIpc) is 2.33. The number of benzene rings is 1. The number of nitrogens with two attached hydrogens (primary N) is 1. The van der Waals surface area contributed by atoms with E-state index in [1.807, 2.05) is 0 Å². The minimum absolute atomic E-state index is 0.313. The van der Waals surface area contributed by atoms with Crippen LogP contribution in [0.3, 0.4) is 0 Å². The molecule has 0 aliphatic heterocycles. The molecular weight excluding hydrogens is 244 g/mol. The van der Waals surface area contributed by atoms with Crippen LogP contribution in [0.5, 0.6) is 0 Å². The van der Waals surface area contributed by atoms with Crippen molar-refractivity contribution in [3.8, 4) is 0 Å². The van der Waals surface area contributed by atoms with Crippen molar-refractivity contribution in [3.05, 3.63) is 48.0 Å². The minimum atomic E-state index is -0.608. The first-order valence-electron chi connectivity index (χ1n) is 4.75. The van der Waals surface area contributed by atoms with Crippen LogP contribution in [0.2, 0.25) is 0 Å². The summed E-state index contributed by atoms with van der Waals surface area (Å²) < 4.78 is 26.1. The molecule has 3 N–H and O–H groups in total. The van der Waals surface area contributed by atoms with Crippen LogP contribution in [0.4, 0.5) is 14.6 Å². The van der Waals surface area contributed by atoms with E-state index in [-0.39, 0.29) is 0 Å². The van der Waals surface area contributed by atoms with Gasteiger partial charge in [-0.15, -0.1) is 0 Å². The summed E-state index contributed by atoms with van der Waals surface area (Å²) in [6, 6.07) is 8.56.